The number of aromatic nitrogens is 1. The van der Waals surface area contributed by atoms with Gasteiger partial charge in [0.25, 0.3) is 0 Å². The smallest absolute Gasteiger partial charge is 0.0702 e. The third-order valence-corrected chi connectivity index (χ3v) is 8.52. The van der Waals surface area contributed by atoms with Crippen molar-refractivity contribution in [3.8, 4) is 22.4 Å². The largest absolute Gasteiger partial charge is 0.341 e. The average Bonchev–Trinajstić information content (AvgIpc) is 3.61. The van der Waals surface area contributed by atoms with E-state index in [1.165, 1.54) is 45.0 Å². The van der Waals surface area contributed by atoms with Crippen LogP contribution in [-0.4, -0.2) is 17.6 Å². The molecule has 4 aromatic carbocycles. The van der Waals surface area contributed by atoms with Gasteiger partial charge in [0.1, 0.15) is 0 Å². The molecule has 3 nitrogen and oxygen atoms in total. The van der Waals surface area contributed by atoms with Crippen molar-refractivity contribution in [1.29, 1.82) is 0 Å². The van der Waals surface area contributed by atoms with E-state index in [1.54, 1.807) is 0 Å². The van der Waals surface area contributed by atoms with E-state index < -0.39 is 0 Å². The van der Waals surface area contributed by atoms with Crippen LogP contribution < -0.4 is 9.80 Å². The standard InChI is InChI=1S/C37H29N3/c1-4-10-35-28(7-1)23-24-39(35)30-18-15-27(16-19-30)34-22-17-29(25-38-34)26-13-20-31(21-14-26)40-36-11-5-2-8-32(36)33-9-3-6-12-37(33)40/h1-11,13-22,25,37H,12,23-24H2. The fourth-order valence-electron chi connectivity index (χ4n) is 6.51. The zero-order valence-corrected chi connectivity index (χ0v) is 22.2. The van der Waals surface area contributed by atoms with Crippen LogP contribution in [0.3, 0.4) is 0 Å². The topological polar surface area (TPSA) is 19.4 Å². The van der Waals surface area contributed by atoms with Crippen LogP contribution in [0, 0.1) is 0 Å². The van der Waals surface area contributed by atoms with Crippen molar-refractivity contribution in [1.82, 2.24) is 4.98 Å². The number of pyridine rings is 1. The Morgan fingerprint density at radius 1 is 0.650 bits per heavy atom. The molecule has 0 saturated heterocycles. The molecule has 192 valence electrons. The highest BCUT2D eigenvalue weighted by Gasteiger charge is 2.34. The van der Waals surface area contributed by atoms with Gasteiger partial charge in [0.05, 0.1) is 11.7 Å². The van der Waals surface area contributed by atoms with Gasteiger partial charge in [0.15, 0.2) is 0 Å². The predicted octanol–water partition coefficient (Wildman–Crippen LogP) is 8.97. The molecule has 3 aliphatic rings. The minimum Gasteiger partial charge on any atom is -0.341 e. The minimum absolute atomic E-state index is 0.362. The average molecular weight is 516 g/mol. The molecule has 1 atom stereocenters. The molecule has 0 N–H and O–H groups in total. The van der Waals surface area contributed by atoms with E-state index in [4.69, 9.17) is 4.98 Å². The summed E-state index contributed by atoms with van der Waals surface area (Å²) < 4.78 is 0. The van der Waals surface area contributed by atoms with Crippen molar-refractivity contribution in [2.45, 2.75) is 18.9 Å². The number of fused-ring (bicyclic) bond motifs is 4. The second-order valence-corrected chi connectivity index (χ2v) is 10.7. The third-order valence-electron chi connectivity index (χ3n) is 8.52. The zero-order chi connectivity index (χ0) is 26.5. The number of hydrogen-bond donors (Lipinski definition) is 0. The minimum atomic E-state index is 0.362. The van der Waals surface area contributed by atoms with Crippen molar-refractivity contribution in [2.24, 2.45) is 0 Å². The van der Waals surface area contributed by atoms with Crippen LogP contribution in [0.1, 0.15) is 17.5 Å². The Morgan fingerprint density at radius 2 is 1.38 bits per heavy atom. The van der Waals surface area contributed by atoms with Gasteiger partial charge in [-0.1, -0.05) is 85.0 Å². The van der Waals surface area contributed by atoms with Crippen LogP contribution in [0.25, 0.3) is 28.0 Å². The van der Waals surface area contributed by atoms with Gasteiger partial charge in [0.2, 0.25) is 0 Å². The highest BCUT2D eigenvalue weighted by molar-refractivity contribution is 5.93. The summed E-state index contributed by atoms with van der Waals surface area (Å²) in [5, 5.41) is 0. The molecule has 0 bridgehead atoms. The number of nitrogens with zero attached hydrogens (tertiary/aromatic N) is 3. The Kier molecular flexibility index (Phi) is 5.41. The predicted molar refractivity (Wildman–Crippen MR) is 166 cm³/mol. The lowest BCUT2D eigenvalue weighted by atomic mass is 9.96. The van der Waals surface area contributed by atoms with Crippen molar-refractivity contribution >= 4 is 28.3 Å². The number of rotatable bonds is 4. The molecule has 0 amide bonds. The lowest BCUT2D eigenvalue weighted by molar-refractivity contribution is 0.829. The van der Waals surface area contributed by atoms with E-state index >= 15 is 0 Å². The highest BCUT2D eigenvalue weighted by Crippen LogP contribution is 2.47. The summed E-state index contributed by atoms with van der Waals surface area (Å²) in [5.41, 5.74) is 13.7. The number of allylic oxidation sites excluding steroid dienone is 2. The van der Waals surface area contributed by atoms with Gasteiger partial charge in [0, 0.05) is 52.2 Å². The van der Waals surface area contributed by atoms with Gasteiger partial charge in [-0.3, -0.25) is 4.98 Å². The van der Waals surface area contributed by atoms with Gasteiger partial charge in [-0.05, 0) is 72.0 Å². The van der Waals surface area contributed by atoms with Gasteiger partial charge >= 0.3 is 0 Å². The molecule has 3 heteroatoms. The van der Waals surface area contributed by atoms with Gasteiger partial charge in [-0.2, -0.15) is 0 Å². The van der Waals surface area contributed by atoms with Gasteiger partial charge in [-0.15, -0.1) is 0 Å². The zero-order valence-electron chi connectivity index (χ0n) is 22.2. The van der Waals surface area contributed by atoms with Gasteiger partial charge in [-0.25, -0.2) is 0 Å². The summed E-state index contributed by atoms with van der Waals surface area (Å²) in [6.45, 7) is 1.03. The molecule has 5 aromatic rings. The summed E-state index contributed by atoms with van der Waals surface area (Å²) in [5.74, 6) is 0. The molecule has 3 heterocycles. The first-order valence-corrected chi connectivity index (χ1v) is 14.1. The molecular weight excluding hydrogens is 486 g/mol. The first-order valence-electron chi connectivity index (χ1n) is 14.1. The van der Waals surface area contributed by atoms with Crippen LogP contribution in [0.15, 0.2) is 134 Å². The quantitative estimate of drug-likeness (QED) is 0.238. The molecule has 2 aliphatic heterocycles. The fraction of sp³-hybridized carbons (Fsp3) is 0.108. The Balaban J connectivity index is 1.02. The van der Waals surface area contributed by atoms with Crippen LogP contribution in [-0.2, 0) is 6.42 Å². The monoisotopic (exact) mass is 515 g/mol. The number of benzene rings is 4. The SMILES string of the molecule is C1=CCC2C(=C1)c1ccccc1N2c1ccc(-c2ccc(-c3ccc(N4CCc5ccccc54)cc3)nc2)cc1. The van der Waals surface area contributed by atoms with Crippen LogP contribution in [0.2, 0.25) is 0 Å². The van der Waals surface area contributed by atoms with Crippen molar-refractivity contribution in [3.05, 3.63) is 145 Å². The Hall–Kier alpha value is -4.89. The summed E-state index contributed by atoms with van der Waals surface area (Å²) >= 11 is 0. The van der Waals surface area contributed by atoms with Crippen molar-refractivity contribution < 1.29 is 0 Å². The second kappa shape index (κ2) is 9.39. The lowest BCUT2D eigenvalue weighted by Gasteiger charge is -2.28. The van der Waals surface area contributed by atoms with Crippen LogP contribution >= 0.6 is 0 Å². The van der Waals surface area contributed by atoms with Crippen LogP contribution in [0.4, 0.5) is 22.7 Å². The number of para-hydroxylation sites is 2. The normalized spacial score (nSPS) is 16.9. The first-order chi connectivity index (χ1) is 19.8. The maximum atomic E-state index is 4.83. The Labute approximate surface area is 235 Å². The van der Waals surface area contributed by atoms with E-state index in [-0.39, 0.29) is 0 Å². The summed E-state index contributed by atoms with van der Waals surface area (Å²) in [6, 6.07) is 39.9. The Bertz CT molecular complexity index is 1760. The maximum absolute atomic E-state index is 4.83. The third kappa shape index (κ3) is 3.77. The summed E-state index contributed by atoms with van der Waals surface area (Å²) in [6.07, 6.45) is 10.9. The molecule has 1 aliphatic carbocycles. The number of anilines is 4. The second-order valence-electron chi connectivity index (χ2n) is 10.7. The molecule has 1 aromatic heterocycles. The molecule has 0 spiro atoms. The molecule has 0 saturated carbocycles. The summed E-state index contributed by atoms with van der Waals surface area (Å²) in [7, 11) is 0. The molecular formula is C37H29N3. The van der Waals surface area contributed by atoms with E-state index in [1.807, 2.05) is 6.20 Å². The first kappa shape index (κ1) is 23.0. The molecule has 40 heavy (non-hydrogen) atoms. The lowest BCUT2D eigenvalue weighted by Crippen LogP contribution is -2.26. The van der Waals surface area contributed by atoms with Crippen LogP contribution in [0.5, 0.6) is 0 Å². The van der Waals surface area contributed by atoms with E-state index in [0.29, 0.717) is 6.04 Å². The molecule has 8 rings (SSSR count). The van der Waals surface area contributed by atoms with Crippen molar-refractivity contribution in [2.75, 3.05) is 16.3 Å². The van der Waals surface area contributed by atoms with E-state index in [9.17, 15) is 0 Å². The summed E-state index contributed by atoms with van der Waals surface area (Å²) in [4.78, 5) is 9.72. The van der Waals surface area contributed by atoms with Gasteiger partial charge < -0.3 is 9.80 Å². The van der Waals surface area contributed by atoms with E-state index in [0.717, 1.165) is 36.2 Å². The Morgan fingerprint density at radius 3 is 2.20 bits per heavy atom. The fourth-order valence-corrected chi connectivity index (χ4v) is 6.51. The number of hydrogen-bond acceptors (Lipinski definition) is 3. The molecule has 0 fully saturated rings. The highest BCUT2D eigenvalue weighted by atomic mass is 15.2. The molecule has 0 radical (unpaired) electrons. The molecule has 1 unspecified atom stereocenters. The maximum Gasteiger partial charge on any atom is 0.0702 e. The van der Waals surface area contributed by atoms with E-state index in [2.05, 4.69) is 137 Å². The van der Waals surface area contributed by atoms with Crippen molar-refractivity contribution in [3.63, 3.8) is 0 Å².